The molecule has 21 heavy (non-hydrogen) atoms. The van der Waals surface area contributed by atoms with Gasteiger partial charge in [0.05, 0.1) is 18.3 Å². The summed E-state index contributed by atoms with van der Waals surface area (Å²) in [6.07, 6.45) is 4.88. The largest absolute Gasteiger partial charge is 0.456 e. The predicted octanol–water partition coefficient (Wildman–Crippen LogP) is -0.383. The molecule has 1 heterocycles. The molecule has 114 valence electrons. The summed E-state index contributed by atoms with van der Waals surface area (Å²) in [5.41, 5.74) is 0. The zero-order chi connectivity index (χ0) is 15.4. The van der Waals surface area contributed by atoms with E-state index in [1.165, 1.54) is 7.05 Å². The zero-order valence-corrected chi connectivity index (χ0v) is 11.8. The number of ether oxygens (including phenoxy) is 1. The average molecular weight is 294 g/mol. The van der Waals surface area contributed by atoms with Crippen molar-refractivity contribution in [2.75, 3.05) is 20.2 Å². The minimum atomic E-state index is -0.604. The number of allylic oxidation sites excluding steroid dienone is 2. The quantitative estimate of drug-likeness (QED) is 0.424. The van der Waals surface area contributed by atoms with Gasteiger partial charge in [-0.1, -0.05) is 12.2 Å². The topological polar surface area (TPSA) is 92.8 Å². The fraction of sp³-hybridized carbons (Fsp3) is 0.571. The van der Waals surface area contributed by atoms with E-state index in [0.717, 1.165) is 4.90 Å². The van der Waals surface area contributed by atoms with Crippen molar-refractivity contribution >= 4 is 23.7 Å². The van der Waals surface area contributed by atoms with Crippen molar-refractivity contribution in [2.24, 2.45) is 11.8 Å². The number of nitrogens with zero attached hydrogens (tertiary/aromatic N) is 1. The molecule has 1 N–H and O–H groups in total. The molecule has 0 spiro atoms. The van der Waals surface area contributed by atoms with Gasteiger partial charge in [-0.3, -0.25) is 24.1 Å². The van der Waals surface area contributed by atoms with Gasteiger partial charge in [-0.2, -0.15) is 0 Å². The third kappa shape index (κ3) is 3.29. The van der Waals surface area contributed by atoms with Gasteiger partial charge in [0.25, 0.3) is 5.91 Å². The van der Waals surface area contributed by atoms with Crippen molar-refractivity contribution < 1.29 is 23.9 Å². The molecule has 2 rings (SSSR count). The zero-order valence-electron chi connectivity index (χ0n) is 11.8. The number of nitrogens with one attached hydrogen (secondary N) is 1. The van der Waals surface area contributed by atoms with E-state index >= 15 is 0 Å². The van der Waals surface area contributed by atoms with Gasteiger partial charge in [0.15, 0.2) is 6.61 Å². The van der Waals surface area contributed by atoms with E-state index in [4.69, 9.17) is 4.74 Å². The van der Waals surface area contributed by atoms with E-state index in [-0.39, 0.29) is 43.2 Å². The van der Waals surface area contributed by atoms with Crippen LogP contribution in [0.25, 0.3) is 0 Å². The van der Waals surface area contributed by atoms with Gasteiger partial charge in [0.2, 0.25) is 11.8 Å². The molecule has 0 saturated carbocycles. The Hall–Kier alpha value is -2.18. The number of fused-ring (bicyclic) bond motifs is 1. The Labute approximate surface area is 122 Å². The number of imide groups is 1. The lowest BCUT2D eigenvalue weighted by Gasteiger charge is -2.14. The number of hydrogen-bond acceptors (Lipinski definition) is 5. The fourth-order valence-electron chi connectivity index (χ4n) is 2.58. The van der Waals surface area contributed by atoms with Gasteiger partial charge in [-0.15, -0.1) is 0 Å². The van der Waals surface area contributed by atoms with Crippen LogP contribution in [-0.4, -0.2) is 48.8 Å². The van der Waals surface area contributed by atoms with Crippen LogP contribution in [0, 0.1) is 11.8 Å². The molecule has 0 aromatic heterocycles. The van der Waals surface area contributed by atoms with Crippen molar-refractivity contribution in [3.8, 4) is 0 Å². The smallest absolute Gasteiger partial charge is 0.308 e. The van der Waals surface area contributed by atoms with E-state index in [9.17, 15) is 19.2 Å². The number of esters is 1. The highest BCUT2D eigenvalue weighted by molar-refractivity contribution is 6.05. The third-order valence-electron chi connectivity index (χ3n) is 3.78. The summed E-state index contributed by atoms with van der Waals surface area (Å²) in [4.78, 5) is 47.8. The first kappa shape index (κ1) is 15.2. The monoisotopic (exact) mass is 294 g/mol. The third-order valence-corrected chi connectivity index (χ3v) is 3.78. The first-order chi connectivity index (χ1) is 10.0. The highest BCUT2D eigenvalue weighted by atomic mass is 16.5. The van der Waals surface area contributed by atoms with Crippen molar-refractivity contribution in [2.45, 2.75) is 19.3 Å². The summed E-state index contributed by atoms with van der Waals surface area (Å²) in [7, 11) is 1.44. The van der Waals surface area contributed by atoms with Gasteiger partial charge >= 0.3 is 5.97 Å². The minimum Gasteiger partial charge on any atom is -0.456 e. The lowest BCUT2D eigenvalue weighted by molar-refractivity contribution is -0.149. The van der Waals surface area contributed by atoms with Crippen LogP contribution in [0.2, 0.25) is 0 Å². The van der Waals surface area contributed by atoms with Crippen LogP contribution in [0.4, 0.5) is 0 Å². The van der Waals surface area contributed by atoms with Crippen LogP contribution in [0.3, 0.4) is 0 Å². The molecule has 3 amide bonds. The van der Waals surface area contributed by atoms with Gasteiger partial charge < -0.3 is 10.1 Å². The molecule has 0 bridgehead atoms. The number of carbonyl (C=O) groups excluding carboxylic acids is 4. The van der Waals surface area contributed by atoms with Crippen LogP contribution < -0.4 is 5.32 Å². The molecular weight excluding hydrogens is 276 g/mol. The normalized spacial score (nSPS) is 24.0. The van der Waals surface area contributed by atoms with E-state index in [1.807, 2.05) is 12.2 Å². The first-order valence-corrected chi connectivity index (χ1v) is 6.91. The molecule has 0 radical (unpaired) electrons. The minimum absolute atomic E-state index is 0.0112. The van der Waals surface area contributed by atoms with Gasteiger partial charge in [0, 0.05) is 13.6 Å². The summed E-state index contributed by atoms with van der Waals surface area (Å²) in [6.45, 7) is -0.344. The molecule has 0 aromatic carbocycles. The fourth-order valence-corrected chi connectivity index (χ4v) is 2.58. The van der Waals surface area contributed by atoms with E-state index in [1.54, 1.807) is 0 Å². The van der Waals surface area contributed by atoms with E-state index < -0.39 is 11.9 Å². The summed E-state index contributed by atoms with van der Waals surface area (Å²) in [5, 5.41) is 2.32. The maximum absolute atomic E-state index is 12.1. The average Bonchev–Trinajstić information content (AvgIpc) is 2.75. The first-order valence-electron chi connectivity index (χ1n) is 6.91. The van der Waals surface area contributed by atoms with Crippen LogP contribution in [-0.2, 0) is 23.9 Å². The highest BCUT2D eigenvalue weighted by Gasteiger charge is 2.46. The number of likely N-dealkylation sites (N-methyl/N-ethyl adjacent to an activating group) is 1. The van der Waals surface area contributed by atoms with E-state index in [0.29, 0.717) is 12.8 Å². The van der Waals surface area contributed by atoms with Crippen molar-refractivity contribution in [3.63, 3.8) is 0 Å². The predicted molar refractivity (Wildman–Crippen MR) is 71.7 cm³/mol. The molecule has 0 unspecified atom stereocenters. The Morgan fingerprint density at radius 1 is 1.24 bits per heavy atom. The maximum Gasteiger partial charge on any atom is 0.308 e. The second-order valence-corrected chi connectivity index (χ2v) is 5.07. The number of carbonyl (C=O) groups is 4. The highest BCUT2D eigenvalue weighted by Crippen LogP contribution is 2.34. The molecule has 1 aliphatic carbocycles. The summed E-state index contributed by atoms with van der Waals surface area (Å²) in [5.74, 6) is -2.02. The van der Waals surface area contributed by atoms with Crippen molar-refractivity contribution in [1.82, 2.24) is 10.2 Å². The molecule has 1 saturated heterocycles. The Morgan fingerprint density at radius 3 is 2.33 bits per heavy atom. The standard InChI is InChI=1S/C14H18N2O5/c1-15-11(17)8-21-12(18)6-7-16-13(19)9-4-2-3-5-10(9)14(16)20/h2-3,9-10H,4-8H2,1H3,(H,15,17)/t9-,10-/m0/s1. The van der Waals surface area contributed by atoms with Crippen LogP contribution >= 0.6 is 0 Å². The Kier molecular flexibility index (Phi) is 4.72. The molecule has 1 aliphatic heterocycles. The molecule has 1 fully saturated rings. The Morgan fingerprint density at radius 2 is 1.81 bits per heavy atom. The van der Waals surface area contributed by atoms with E-state index in [2.05, 4.69) is 5.32 Å². The lowest BCUT2D eigenvalue weighted by atomic mass is 9.85. The number of rotatable bonds is 5. The molecule has 7 heteroatoms. The molecule has 0 aromatic rings. The summed E-state index contributed by atoms with van der Waals surface area (Å²) >= 11 is 0. The summed E-state index contributed by atoms with van der Waals surface area (Å²) < 4.78 is 4.73. The van der Waals surface area contributed by atoms with Crippen molar-refractivity contribution in [3.05, 3.63) is 12.2 Å². The maximum atomic E-state index is 12.1. The molecular formula is C14H18N2O5. The Bertz CT molecular complexity index is 474. The number of hydrogen-bond donors (Lipinski definition) is 1. The molecule has 2 atom stereocenters. The second-order valence-electron chi connectivity index (χ2n) is 5.07. The number of amides is 3. The van der Waals surface area contributed by atoms with Gasteiger partial charge in [-0.05, 0) is 12.8 Å². The van der Waals surface area contributed by atoms with Crippen LogP contribution in [0.15, 0.2) is 12.2 Å². The van der Waals surface area contributed by atoms with Crippen LogP contribution in [0.1, 0.15) is 19.3 Å². The Balaban J connectivity index is 1.83. The summed E-state index contributed by atoms with van der Waals surface area (Å²) in [6, 6.07) is 0. The molecule has 2 aliphatic rings. The van der Waals surface area contributed by atoms with Gasteiger partial charge in [-0.25, -0.2) is 0 Å². The van der Waals surface area contributed by atoms with Crippen LogP contribution in [0.5, 0.6) is 0 Å². The number of likely N-dealkylation sites (tertiary alicyclic amines) is 1. The van der Waals surface area contributed by atoms with Crippen molar-refractivity contribution in [1.29, 1.82) is 0 Å². The van der Waals surface area contributed by atoms with Gasteiger partial charge in [0.1, 0.15) is 0 Å². The lowest BCUT2D eigenvalue weighted by Crippen LogP contribution is -2.34. The second kappa shape index (κ2) is 6.51. The molecule has 7 nitrogen and oxygen atoms in total. The SMILES string of the molecule is CNC(=O)COC(=O)CCN1C(=O)[C@H]2CC=CC[C@@H]2C1=O.